The van der Waals surface area contributed by atoms with Crippen molar-refractivity contribution in [1.82, 2.24) is 4.31 Å². The normalized spacial score (nSPS) is 13.0. The first kappa shape index (κ1) is 18.3. The molecule has 128 valence electrons. The number of nitro benzene ring substituents is 1. The summed E-state index contributed by atoms with van der Waals surface area (Å²) in [5.74, 6) is 0. The third-order valence-corrected chi connectivity index (χ3v) is 5.59. The number of sulfonamides is 1. The Hall–Kier alpha value is -2.00. The van der Waals surface area contributed by atoms with E-state index in [1.807, 2.05) is 0 Å². The van der Waals surface area contributed by atoms with Crippen LogP contribution in [-0.2, 0) is 10.0 Å². The lowest BCUT2D eigenvalue weighted by Gasteiger charge is -2.21. The molecular weight excluding hydrogens is 354 g/mol. The molecule has 0 fully saturated rings. The van der Waals surface area contributed by atoms with Gasteiger partial charge < -0.3 is 5.73 Å². The minimum absolute atomic E-state index is 0.0469. The van der Waals surface area contributed by atoms with Crippen LogP contribution in [0.25, 0.3) is 0 Å². The van der Waals surface area contributed by atoms with E-state index in [1.54, 1.807) is 24.3 Å². The second-order valence-electron chi connectivity index (χ2n) is 5.17. The molecule has 0 spiro atoms. The molecule has 0 aliphatic rings. The Morgan fingerprint density at radius 1 is 1.25 bits per heavy atom. The smallest absolute Gasteiger partial charge is 0.289 e. The molecule has 0 aliphatic heterocycles. The van der Waals surface area contributed by atoms with Gasteiger partial charge in [-0.15, -0.1) is 0 Å². The maximum absolute atomic E-state index is 12.6. The van der Waals surface area contributed by atoms with Crippen molar-refractivity contribution in [1.29, 1.82) is 0 Å². The Kier molecular flexibility index (Phi) is 5.55. The fraction of sp³-hybridized carbons (Fsp3) is 0.200. The highest BCUT2D eigenvalue weighted by atomic mass is 35.5. The molecule has 0 saturated carbocycles. The maximum atomic E-state index is 12.6. The molecular formula is C15H16ClN3O4S. The fourth-order valence-corrected chi connectivity index (χ4v) is 3.76. The molecule has 1 atom stereocenters. The third-order valence-electron chi connectivity index (χ3n) is 3.48. The van der Waals surface area contributed by atoms with Crippen molar-refractivity contribution in [2.45, 2.75) is 10.9 Å². The summed E-state index contributed by atoms with van der Waals surface area (Å²) in [7, 11) is -2.72. The van der Waals surface area contributed by atoms with Crippen LogP contribution in [0.4, 0.5) is 5.69 Å². The largest absolute Gasteiger partial charge is 0.323 e. The average Bonchev–Trinajstić information content (AvgIpc) is 2.54. The van der Waals surface area contributed by atoms with Crippen molar-refractivity contribution in [3.63, 3.8) is 0 Å². The first-order valence-corrected chi connectivity index (χ1v) is 8.76. The van der Waals surface area contributed by atoms with Crippen LogP contribution in [0.5, 0.6) is 0 Å². The second-order valence-corrected chi connectivity index (χ2v) is 7.62. The first-order valence-electron chi connectivity index (χ1n) is 6.94. The van der Waals surface area contributed by atoms with Crippen LogP contribution in [0.3, 0.4) is 0 Å². The van der Waals surface area contributed by atoms with Gasteiger partial charge in [0, 0.05) is 30.7 Å². The second kappa shape index (κ2) is 7.27. The van der Waals surface area contributed by atoms with E-state index in [0.29, 0.717) is 10.6 Å². The van der Waals surface area contributed by atoms with Crippen LogP contribution in [0.15, 0.2) is 53.4 Å². The van der Waals surface area contributed by atoms with Crippen LogP contribution < -0.4 is 5.73 Å². The third kappa shape index (κ3) is 3.90. The predicted octanol–water partition coefficient (Wildman–Crippen LogP) is 2.57. The Bertz CT molecular complexity index is 857. The van der Waals surface area contributed by atoms with Crippen molar-refractivity contribution >= 4 is 27.3 Å². The lowest BCUT2D eigenvalue weighted by atomic mass is 10.1. The van der Waals surface area contributed by atoms with Gasteiger partial charge in [-0.05, 0) is 23.8 Å². The number of benzene rings is 2. The van der Waals surface area contributed by atoms with Gasteiger partial charge in [-0.25, -0.2) is 8.42 Å². The number of nitrogens with two attached hydrogens (primary N) is 1. The first-order chi connectivity index (χ1) is 11.2. The minimum Gasteiger partial charge on any atom is -0.323 e. The number of rotatable bonds is 6. The van der Waals surface area contributed by atoms with Crippen molar-refractivity contribution in [2.75, 3.05) is 13.6 Å². The van der Waals surface area contributed by atoms with Crippen LogP contribution in [0.2, 0.25) is 5.02 Å². The molecule has 7 nitrogen and oxygen atoms in total. The predicted molar refractivity (Wildman–Crippen MR) is 91.3 cm³/mol. The van der Waals surface area contributed by atoms with E-state index >= 15 is 0 Å². The summed E-state index contributed by atoms with van der Waals surface area (Å²) in [6.07, 6.45) is 0. The highest BCUT2D eigenvalue weighted by Gasteiger charge is 2.30. The zero-order chi connectivity index (χ0) is 17.9. The number of para-hydroxylation sites is 1. The van der Waals surface area contributed by atoms with Crippen LogP contribution in [0.1, 0.15) is 11.6 Å². The van der Waals surface area contributed by atoms with Gasteiger partial charge in [0.25, 0.3) is 5.69 Å². The molecule has 0 heterocycles. The van der Waals surface area contributed by atoms with Gasteiger partial charge in [0.1, 0.15) is 0 Å². The van der Waals surface area contributed by atoms with E-state index in [9.17, 15) is 18.5 Å². The topological polar surface area (TPSA) is 107 Å². The molecule has 2 N–H and O–H groups in total. The molecule has 9 heteroatoms. The highest BCUT2D eigenvalue weighted by molar-refractivity contribution is 7.89. The Labute approximate surface area is 144 Å². The van der Waals surface area contributed by atoms with E-state index in [1.165, 1.54) is 25.2 Å². The lowest BCUT2D eigenvalue weighted by Crippen LogP contribution is -2.34. The van der Waals surface area contributed by atoms with Gasteiger partial charge in [0.05, 0.1) is 4.92 Å². The van der Waals surface area contributed by atoms with E-state index in [0.717, 1.165) is 10.4 Å². The van der Waals surface area contributed by atoms with Crippen molar-refractivity contribution in [3.8, 4) is 0 Å². The summed E-state index contributed by atoms with van der Waals surface area (Å²) in [6.45, 7) is -0.0469. The van der Waals surface area contributed by atoms with E-state index < -0.39 is 26.7 Å². The van der Waals surface area contributed by atoms with Crippen LogP contribution in [-0.4, -0.2) is 31.2 Å². The molecule has 2 aromatic carbocycles. The summed E-state index contributed by atoms with van der Waals surface area (Å²) in [5.41, 5.74) is 6.24. The van der Waals surface area contributed by atoms with Gasteiger partial charge in [0.2, 0.25) is 10.0 Å². The van der Waals surface area contributed by atoms with Crippen LogP contribution >= 0.6 is 11.6 Å². The summed E-state index contributed by atoms with van der Waals surface area (Å²) in [4.78, 5) is 9.97. The Morgan fingerprint density at radius 2 is 1.92 bits per heavy atom. The average molecular weight is 370 g/mol. The van der Waals surface area contributed by atoms with Gasteiger partial charge in [-0.1, -0.05) is 35.9 Å². The monoisotopic (exact) mass is 369 g/mol. The molecule has 0 unspecified atom stereocenters. The van der Waals surface area contributed by atoms with Crippen molar-refractivity contribution < 1.29 is 13.3 Å². The van der Waals surface area contributed by atoms with Gasteiger partial charge in [-0.2, -0.15) is 4.31 Å². The Balaban J connectivity index is 2.28. The molecule has 0 bridgehead atoms. The molecule has 2 aromatic rings. The molecule has 0 aliphatic carbocycles. The molecule has 24 heavy (non-hydrogen) atoms. The number of nitrogens with zero attached hydrogens (tertiary/aromatic N) is 2. The fourth-order valence-electron chi connectivity index (χ4n) is 2.21. The quantitative estimate of drug-likeness (QED) is 0.622. The van der Waals surface area contributed by atoms with E-state index in [2.05, 4.69) is 0 Å². The minimum atomic E-state index is -4.05. The molecule has 0 radical (unpaired) electrons. The summed E-state index contributed by atoms with van der Waals surface area (Å²) >= 11 is 5.90. The molecule has 0 aromatic heterocycles. The Morgan fingerprint density at radius 3 is 2.54 bits per heavy atom. The van der Waals surface area contributed by atoms with Crippen LogP contribution in [0, 0.1) is 10.1 Å². The standard InChI is InChI=1S/C15H16ClN3O4S/c1-18(10-13(17)11-5-4-6-12(16)9-11)24(22,23)15-8-3-2-7-14(15)19(20)21/h2-9,13H,10,17H2,1H3/t13-/m1/s1. The summed E-state index contributed by atoms with van der Waals surface area (Å²) in [5, 5.41) is 11.5. The van der Waals surface area contributed by atoms with E-state index in [-0.39, 0.29) is 11.4 Å². The molecule has 0 amide bonds. The number of likely N-dealkylation sites (N-methyl/N-ethyl adjacent to an activating group) is 1. The van der Waals surface area contributed by atoms with Gasteiger partial charge in [-0.3, -0.25) is 10.1 Å². The summed E-state index contributed by atoms with van der Waals surface area (Å²) < 4.78 is 26.3. The zero-order valence-corrected chi connectivity index (χ0v) is 14.4. The number of nitro groups is 1. The lowest BCUT2D eigenvalue weighted by molar-refractivity contribution is -0.387. The molecule has 2 rings (SSSR count). The van der Waals surface area contributed by atoms with E-state index in [4.69, 9.17) is 17.3 Å². The number of hydrogen-bond acceptors (Lipinski definition) is 5. The zero-order valence-electron chi connectivity index (χ0n) is 12.8. The van der Waals surface area contributed by atoms with Gasteiger partial charge in [0.15, 0.2) is 4.90 Å². The number of hydrogen-bond donors (Lipinski definition) is 1. The van der Waals surface area contributed by atoms with Gasteiger partial charge >= 0.3 is 0 Å². The highest BCUT2D eigenvalue weighted by Crippen LogP contribution is 2.26. The summed E-state index contributed by atoms with van der Waals surface area (Å²) in [6, 6.07) is 11.4. The SMILES string of the molecule is CN(C[C@@H](N)c1cccc(Cl)c1)S(=O)(=O)c1ccccc1[N+](=O)[O-]. The molecule has 0 saturated heterocycles. The maximum Gasteiger partial charge on any atom is 0.289 e. The van der Waals surface area contributed by atoms with Crippen molar-refractivity contribution in [3.05, 3.63) is 69.2 Å². The van der Waals surface area contributed by atoms with Crippen molar-refractivity contribution in [2.24, 2.45) is 5.73 Å². The number of halogens is 1.